The van der Waals surface area contributed by atoms with Gasteiger partial charge in [0, 0.05) is 58.3 Å². The Balaban J connectivity index is 0.00000289. The molecule has 3 amide bonds. The van der Waals surface area contributed by atoms with Crippen molar-refractivity contribution in [1.29, 1.82) is 0 Å². The number of likely N-dealkylation sites (tertiary alicyclic amines) is 1. The van der Waals surface area contributed by atoms with Crippen LogP contribution in [0.2, 0.25) is 0 Å². The number of nitrogens with one attached hydrogen (secondary N) is 1. The maximum Gasteiger partial charge on any atom is 0.317 e. The molecule has 3 heterocycles. The third-order valence-corrected chi connectivity index (χ3v) is 6.62. The van der Waals surface area contributed by atoms with Gasteiger partial charge in [0.25, 0.3) is 0 Å². The molecular weight excluding hydrogens is 428 g/mol. The van der Waals surface area contributed by atoms with Gasteiger partial charge < -0.3 is 25.0 Å². The van der Waals surface area contributed by atoms with Crippen molar-refractivity contribution in [2.45, 2.75) is 31.9 Å². The Bertz CT molecular complexity index is 766. The van der Waals surface area contributed by atoms with Crippen molar-refractivity contribution in [3.05, 3.63) is 35.4 Å². The molecule has 2 fully saturated rings. The zero-order chi connectivity index (χ0) is 21.6. The largest absolute Gasteiger partial charge is 0.390 e. The van der Waals surface area contributed by atoms with E-state index in [4.69, 9.17) is 4.74 Å². The van der Waals surface area contributed by atoms with Gasteiger partial charge in [0.05, 0.1) is 19.3 Å². The van der Waals surface area contributed by atoms with Gasteiger partial charge in [0.2, 0.25) is 5.91 Å². The van der Waals surface area contributed by atoms with Gasteiger partial charge in [-0.25, -0.2) is 4.79 Å². The Morgan fingerprint density at radius 2 is 1.72 bits per heavy atom. The molecule has 0 bridgehead atoms. The second-order valence-electron chi connectivity index (χ2n) is 8.79. The average Bonchev–Trinajstić information content (AvgIpc) is 2.82. The fourth-order valence-corrected chi connectivity index (χ4v) is 4.76. The highest BCUT2D eigenvalue weighted by molar-refractivity contribution is 7.59. The lowest BCUT2D eigenvalue weighted by molar-refractivity contribution is -0.141. The monoisotopic (exact) mass is 464 g/mol. The van der Waals surface area contributed by atoms with Crippen LogP contribution < -0.4 is 5.32 Å². The van der Waals surface area contributed by atoms with Crippen LogP contribution in [0.4, 0.5) is 4.79 Å². The van der Waals surface area contributed by atoms with Gasteiger partial charge in [0.15, 0.2) is 0 Å². The second-order valence-corrected chi connectivity index (χ2v) is 8.79. The zero-order valence-corrected chi connectivity index (χ0v) is 19.7. The minimum atomic E-state index is -0.602. The molecule has 0 spiro atoms. The maximum atomic E-state index is 12.6. The summed E-state index contributed by atoms with van der Waals surface area (Å²) in [6.07, 6.45) is 1.78. The Hall–Kier alpha value is -1.81. The fraction of sp³-hybridized carbons (Fsp3) is 0.652. The standard InChI is InChI=1S/C23H34N4O4.H2S/c28-21(17-25-8-5-18-3-1-2-4-20(18)16-25)15-24-23(30)27-9-6-19(7-10-27)22(29)26-11-13-31-14-12-26;/h1-4,19,21,28H,5-17H2,(H,24,30);1H2/t21-;/m0./s1. The molecule has 178 valence electrons. The fourth-order valence-electron chi connectivity index (χ4n) is 4.76. The molecule has 2 N–H and O–H groups in total. The van der Waals surface area contributed by atoms with Crippen molar-refractivity contribution in [3.63, 3.8) is 0 Å². The van der Waals surface area contributed by atoms with Gasteiger partial charge in [-0.1, -0.05) is 24.3 Å². The summed E-state index contributed by atoms with van der Waals surface area (Å²) in [7, 11) is 0. The minimum Gasteiger partial charge on any atom is -0.390 e. The molecule has 9 heteroatoms. The summed E-state index contributed by atoms with van der Waals surface area (Å²) in [6.45, 7) is 6.25. The van der Waals surface area contributed by atoms with Crippen LogP contribution in [0.3, 0.4) is 0 Å². The lowest BCUT2D eigenvalue weighted by atomic mass is 9.95. The van der Waals surface area contributed by atoms with Crippen molar-refractivity contribution in [2.75, 3.05) is 59.0 Å². The topological polar surface area (TPSA) is 85.3 Å². The van der Waals surface area contributed by atoms with Crippen LogP contribution in [0, 0.1) is 5.92 Å². The van der Waals surface area contributed by atoms with Crippen LogP contribution in [0.15, 0.2) is 24.3 Å². The number of ether oxygens (including phenoxy) is 1. The number of hydrogen-bond acceptors (Lipinski definition) is 5. The molecule has 2 saturated heterocycles. The molecule has 0 radical (unpaired) electrons. The molecule has 0 aliphatic carbocycles. The van der Waals surface area contributed by atoms with E-state index in [-0.39, 0.29) is 37.9 Å². The number of hydrogen-bond donors (Lipinski definition) is 2. The lowest BCUT2D eigenvalue weighted by Crippen LogP contribution is -2.50. The number of benzene rings is 1. The van der Waals surface area contributed by atoms with Crippen molar-refractivity contribution in [3.8, 4) is 0 Å². The van der Waals surface area contributed by atoms with E-state index in [0.717, 1.165) is 19.5 Å². The number of carbonyl (C=O) groups excluding carboxylic acids is 2. The molecule has 0 aromatic heterocycles. The summed E-state index contributed by atoms with van der Waals surface area (Å²) in [5, 5.41) is 13.3. The van der Waals surface area contributed by atoms with Gasteiger partial charge in [-0.2, -0.15) is 13.5 Å². The Kier molecular flexibility index (Phi) is 9.22. The van der Waals surface area contributed by atoms with E-state index in [2.05, 4.69) is 34.5 Å². The van der Waals surface area contributed by atoms with Crippen molar-refractivity contribution >= 4 is 25.4 Å². The molecule has 4 rings (SSSR count). The number of aliphatic hydroxyl groups is 1. The molecule has 3 aliphatic heterocycles. The lowest BCUT2D eigenvalue weighted by Gasteiger charge is -2.35. The van der Waals surface area contributed by atoms with E-state index < -0.39 is 6.10 Å². The summed E-state index contributed by atoms with van der Waals surface area (Å²) in [6, 6.07) is 8.28. The summed E-state index contributed by atoms with van der Waals surface area (Å²) in [5.74, 6) is 0.191. The van der Waals surface area contributed by atoms with Crippen LogP contribution in [-0.4, -0.2) is 96.9 Å². The first-order chi connectivity index (χ1) is 15.1. The van der Waals surface area contributed by atoms with E-state index in [1.54, 1.807) is 4.90 Å². The van der Waals surface area contributed by atoms with Crippen molar-refractivity contribution < 1.29 is 19.4 Å². The molecule has 1 aromatic rings. The summed E-state index contributed by atoms with van der Waals surface area (Å²) < 4.78 is 5.32. The number of nitrogens with zero attached hydrogens (tertiary/aromatic N) is 3. The molecule has 0 unspecified atom stereocenters. The molecular formula is C23H36N4O4S. The Labute approximate surface area is 197 Å². The molecule has 3 aliphatic rings. The normalized spacial score (nSPS) is 20.8. The van der Waals surface area contributed by atoms with E-state index in [1.165, 1.54) is 11.1 Å². The number of urea groups is 1. The van der Waals surface area contributed by atoms with Crippen LogP contribution in [-0.2, 0) is 22.5 Å². The van der Waals surface area contributed by atoms with Crippen molar-refractivity contribution in [1.82, 2.24) is 20.0 Å². The van der Waals surface area contributed by atoms with E-state index in [1.807, 2.05) is 4.90 Å². The number of aliphatic hydroxyl groups excluding tert-OH is 1. The van der Waals surface area contributed by atoms with Crippen LogP contribution in [0.1, 0.15) is 24.0 Å². The smallest absolute Gasteiger partial charge is 0.317 e. The summed E-state index contributed by atoms with van der Waals surface area (Å²) in [5.41, 5.74) is 2.71. The van der Waals surface area contributed by atoms with Gasteiger partial charge in [0.1, 0.15) is 0 Å². The Morgan fingerprint density at radius 1 is 1.03 bits per heavy atom. The van der Waals surface area contributed by atoms with Gasteiger partial charge in [-0.05, 0) is 30.4 Å². The molecule has 8 nitrogen and oxygen atoms in total. The first kappa shape index (κ1) is 24.8. The third kappa shape index (κ3) is 6.37. The number of rotatable bonds is 5. The number of β-amino-alcohol motifs (C(OH)–C–C–N with tert-alkyl or cyclic N) is 1. The quantitative estimate of drug-likeness (QED) is 0.673. The highest BCUT2D eigenvalue weighted by Crippen LogP contribution is 2.21. The molecule has 0 saturated carbocycles. The maximum absolute atomic E-state index is 12.6. The molecule has 1 atom stereocenters. The first-order valence-electron chi connectivity index (χ1n) is 11.5. The third-order valence-electron chi connectivity index (χ3n) is 6.62. The highest BCUT2D eigenvalue weighted by atomic mass is 32.1. The zero-order valence-electron chi connectivity index (χ0n) is 18.7. The van der Waals surface area contributed by atoms with E-state index >= 15 is 0 Å². The Morgan fingerprint density at radius 3 is 2.44 bits per heavy atom. The van der Waals surface area contributed by atoms with E-state index in [0.29, 0.717) is 58.8 Å². The van der Waals surface area contributed by atoms with E-state index in [9.17, 15) is 14.7 Å². The summed E-state index contributed by atoms with van der Waals surface area (Å²) >= 11 is 0. The van der Waals surface area contributed by atoms with Crippen LogP contribution in [0.5, 0.6) is 0 Å². The minimum absolute atomic E-state index is 0. The number of piperidine rings is 1. The second kappa shape index (κ2) is 11.9. The van der Waals surface area contributed by atoms with Crippen molar-refractivity contribution in [2.24, 2.45) is 5.92 Å². The number of carbonyl (C=O) groups is 2. The number of fused-ring (bicyclic) bond motifs is 1. The number of amides is 3. The average molecular weight is 465 g/mol. The predicted molar refractivity (Wildman–Crippen MR) is 127 cm³/mol. The van der Waals surface area contributed by atoms with Gasteiger partial charge in [-0.15, -0.1) is 0 Å². The molecule has 1 aromatic carbocycles. The first-order valence-corrected chi connectivity index (χ1v) is 11.5. The highest BCUT2D eigenvalue weighted by Gasteiger charge is 2.31. The van der Waals surface area contributed by atoms with Gasteiger partial charge in [-0.3, -0.25) is 9.69 Å². The summed E-state index contributed by atoms with van der Waals surface area (Å²) in [4.78, 5) is 31.0. The van der Waals surface area contributed by atoms with Crippen LogP contribution >= 0.6 is 13.5 Å². The molecule has 32 heavy (non-hydrogen) atoms. The number of morpholine rings is 1. The predicted octanol–water partition coefficient (Wildman–Crippen LogP) is 0.799. The SMILES string of the molecule is O=C(NC[C@H](O)CN1CCc2ccccc2C1)N1CCC(C(=O)N2CCOCC2)CC1.S. The van der Waals surface area contributed by atoms with Gasteiger partial charge >= 0.3 is 6.03 Å². The van der Waals surface area contributed by atoms with Crippen LogP contribution in [0.25, 0.3) is 0 Å².